The van der Waals surface area contributed by atoms with Crippen molar-refractivity contribution < 1.29 is 17.9 Å². The summed E-state index contributed by atoms with van der Waals surface area (Å²) < 4.78 is 33.6. The summed E-state index contributed by atoms with van der Waals surface area (Å²) in [5, 5.41) is 3.34. The van der Waals surface area contributed by atoms with Crippen LogP contribution in [0.2, 0.25) is 0 Å². The minimum Gasteiger partial charge on any atom is -0.493 e. The highest BCUT2D eigenvalue weighted by Crippen LogP contribution is 2.31. The molecule has 0 saturated carbocycles. The Labute approximate surface area is 131 Å². The molecule has 1 aromatic carbocycles. The molecule has 122 valence electrons. The monoisotopic (exact) mass is 326 g/mol. The normalized spacial score (nSPS) is 22.0. The first kappa shape index (κ1) is 15.6. The fraction of sp³-hybridized carbons (Fsp3) is 0.600. The van der Waals surface area contributed by atoms with Gasteiger partial charge in [-0.2, -0.15) is 0 Å². The van der Waals surface area contributed by atoms with E-state index in [-0.39, 0.29) is 17.6 Å². The van der Waals surface area contributed by atoms with E-state index in [0.717, 1.165) is 38.3 Å². The van der Waals surface area contributed by atoms with Crippen molar-refractivity contribution in [1.29, 1.82) is 0 Å². The highest BCUT2D eigenvalue weighted by atomic mass is 32.2. The Kier molecular flexibility index (Phi) is 4.56. The van der Waals surface area contributed by atoms with E-state index < -0.39 is 9.84 Å². The van der Waals surface area contributed by atoms with Crippen LogP contribution >= 0.6 is 0 Å². The Bertz CT molecular complexity index is 614. The molecule has 0 spiro atoms. The largest absolute Gasteiger partial charge is 0.493 e. The van der Waals surface area contributed by atoms with E-state index in [9.17, 15) is 8.42 Å². The van der Waals surface area contributed by atoms with Gasteiger partial charge >= 0.3 is 0 Å². The Balaban J connectivity index is 1.68. The number of piperazine rings is 1. The van der Waals surface area contributed by atoms with Crippen LogP contribution in [0.25, 0.3) is 0 Å². The van der Waals surface area contributed by atoms with Gasteiger partial charge in [-0.1, -0.05) is 6.07 Å². The lowest BCUT2D eigenvalue weighted by Crippen LogP contribution is -2.45. The number of rotatable bonds is 5. The minimum atomic E-state index is -2.88. The zero-order valence-corrected chi connectivity index (χ0v) is 13.6. The zero-order chi connectivity index (χ0) is 15.6. The molecule has 2 saturated heterocycles. The van der Waals surface area contributed by atoms with Gasteiger partial charge in [0, 0.05) is 32.7 Å². The topological polar surface area (TPSA) is 67.9 Å². The lowest BCUT2D eigenvalue weighted by Gasteiger charge is -2.29. The predicted molar refractivity (Wildman–Crippen MR) is 84.2 cm³/mol. The number of benzene rings is 1. The van der Waals surface area contributed by atoms with E-state index in [1.165, 1.54) is 0 Å². The third kappa shape index (κ3) is 3.71. The summed E-state index contributed by atoms with van der Waals surface area (Å²) in [5.41, 5.74) is 1.15. The second kappa shape index (κ2) is 6.44. The van der Waals surface area contributed by atoms with Gasteiger partial charge in [0.15, 0.2) is 21.3 Å². The number of nitrogens with zero attached hydrogens (tertiary/aromatic N) is 1. The first-order valence-electron chi connectivity index (χ1n) is 7.53. The molecule has 1 N–H and O–H groups in total. The zero-order valence-electron chi connectivity index (χ0n) is 12.7. The average Bonchev–Trinajstić information content (AvgIpc) is 2.47. The summed E-state index contributed by atoms with van der Waals surface area (Å²) in [4.78, 5) is 2.38. The maximum absolute atomic E-state index is 11.2. The minimum absolute atomic E-state index is 0.0954. The second-order valence-electron chi connectivity index (χ2n) is 5.83. The lowest BCUT2D eigenvalue weighted by molar-refractivity contribution is 0.216. The van der Waals surface area contributed by atoms with E-state index in [4.69, 9.17) is 9.47 Å². The SMILES string of the molecule is COc1ccc(CN2CCNCC2)cc1OC1CS(=O)(=O)C1. The Hall–Kier alpha value is -1.31. The fourth-order valence-corrected chi connectivity index (χ4v) is 3.98. The molecule has 6 nitrogen and oxygen atoms in total. The summed E-state index contributed by atoms with van der Waals surface area (Å²) in [5.74, 6) is 1.47. The maximum atomic E-state index is 11.2. The Morgan fingerprint density at radius 2 is 1.95 bits per heavy atom. The number of methoxy groups -OCH3 is 1. The predicted octanol–water partition coefficient (Wildman–Crippen LogP) is 0.276. The average molecular weight is 326 g/mol. The molecule has 2 aliphatic rings. The van der Waals surface area contributed by atoms with E-state index in [2.05, 4.69) is 10.2 Å². The van der Waals surface area contributed by atoms with Crippen molar-refractivity contribution in [2.45, 2.75) is 12.6 Å². The van der Waals surface area contributed by atoms with E-state index >= 15 is 0 Å². The molecule has 0 unspecified atom stereocenters. The molecule has 0 amide bonds. The number of hydrogen-bond donors (Lipinski definition) is 1. The molecule has 0 bridgehead atoms. The molecule has 1 aromatic rings. The van der Waals surface area contributed by atoms with Crippen molar-refractivity contribution in [2.75, 3.05) is 44.8 Å². The number of hydrogen-bond acceptors (Lipinski definition) is 6. The number of sulfone groups is 1. The third-order valence-corrected chi connectivity index (χ3v) is 5.78. The van der Waals surface area contributed by atoms with E-state index in [0.29, 0.717) is 11.5 Å². The summed E-state index contributed by atoms with van der Waals surface area (Å²) in [6.07, 6.45) is -0.256. The standard InChI is InChI=1S/C15H22N2O4S/c1-20-14-3-2-12(9-17-6-4-16-5-7-17)8-15(14)21-13-10-22(18,19)11-13/h2-3,8,13,16H,4-7,9-11H2,1H3. The molecule has 2 heterocycles. The summed E-state index contributed by atoms with van der Waals surface area (Å²) in [7, 11) is -1.29. The molecular weight excluding hydrogens is 304 g/mol. The molecule has 0 atom stereocenters. The van der Waals surface area contributed by atoms with Crippen LogP contribution in [0.15, 0.2) is 18.2 Å². The van der Waals surface area contributed by atoms with Crippen LogP contribution in [0.4, 0.5) is 0 Å². The van der Waals surface area contributed by atoms with Gasteiger partial charge in [-0.05, 0) is 17.7 Å². The molecule has 22 heavy (non-hydrogen) atoms. The summed E-state index contributed by atoms with van der Waals surface area (Å²) in [6, 6.07) is 5.89. The highest BCUT2D eigenvalue weighted by Gasteiger charge is 2.35. The third-order valence-electron chi connectivity index (χ3n) is 4.02. The van der Waals surface area contributed by atoms with Crippen molar-refractivity contribution in [2.24, 2.45) is 0 Å². The van der Waals surface area contributed by atoms with Gasteiger partial charge in [-0.3, -0.25) is 4.90 Å². The van der Waals surface area contributed by atoms with Crippen molar-refractivity contribution in [3.63, 3.8) is 0 Å². The molecule has 2 aliphatic heterocycles. The first-order chi connectivity index (χ1) is 10.6. The molecule has 0 aromatic heterocycles. The number of ether oxygens (including phenoxy) is 2. The van der Waals surface area contributed by atoms with Crippen LogP contribution in [-0.4, -0.2) is 64.2 Å². The van der Waals surface area contributed by atoms with Crippen LogP contribution in [0.3, 0.4) is 0 Å². The molecule has 7 heteroatoms. The van der Waals surface area contributed by atoms with Crippen LogP contribution in [0, 0.1) is 0 Å². The maximum Gasteiger partial charge on any atom is 0.161 e. The van der Waals surface area contributed by atoms with Crippen LogP contribution in [-0.2, 0) is 16.4 Å². The van der Waals surface area contributed by atoms with Gasteiger partial charge in [0.05, 0.1) is 18.6 Å². The van der Waals surface area contributed by atoms with Gasteiger partial charge in [0.1, 0.15) is 6.10 Å². The molecular formula is C15H22N2O4S. The highest BCUT2D eigenvalue weighted by molar-refractivity contribution is 7.92. The smallest absolute Gasteiger partial charge is 0.161 e. The Morgan fingerprint density at radius 3 is 2.59 bits per heavy atom. The van der Waals surface area contributed by atoms with Gasteiger partial charge in [0.25, 0.3) is 0 Å². The summed E-state index contributed by atoms with van der Waals surface area (Å²) in [6.45, 7) is 4.95. The van der Waals surface area contributed by atoms with Gasteiger partial charge in [0.2, 0.25) is 0 Å². The van der Waals surface area contributed by atoms with Crippen molar-refractivity contribution in [3.05, 3.63) is 23.8 Å². The molecule has 0 radical (unpaired) electrons. The quantitative estimate of drug-likeness (QED) is 0.838. The van der Waals surface area contributed by atoms with Gasteiger partial charge in [-0.25, -0.2) is 8.42 Å². The first-order valence-corrected chi connectivity index (χ1v) is 9.35. The molecule has 0 aliphatic carbocycles. The number of nitrogens with one attached hydrogen (secondary N) is 1. The van der Waals surface area contributed by atoms with Crippen LogP contribution in [0.5, 0.6) is 11.5 Å². The van der Waals surface area contributed by atoms with Crippen LogP contribution in [0.1, 0.15) is 5.56 Å². The van der Waals surface area contributed by atoms with Crippen molar-refractivity contribution >= 4 is 9.84 Å². The van der Waals surface area contributed by atoms with E-state index in [1.807, 2.05) is 18.2 Å². The fourth-order valence-electron chi connectivity index (χ4n) is 2.80. The molecule has 3 rings (SSSR count). The van der Waals surface area contributed by atoms with Gasteiger partial charge in [-0.15, -0.1) is 0 Å². The molecule has 2 fully saturated rings. The van der Waals surface area contributed by atoms with Gasteiger partial charge < -0.3 is 14.8 Å². The Morgan fingerprint density at radius 1 is 1.23 bits per heavy atom. The lowest BCUT2D eigenvalue weighted by atomic mass is 10.1. The van der Waals surface area contributed by atoms with Crippen molar-refractivity contribution in [1.82, 2.24) is 10.2 Å². The summed E-state index contributed by atoms with van der Waals surface area (Å²) >= 11 is 0. The van der Waals surface area contributed by atoms with E-state index in [1.54, 1.807) is 7.11 Å². The van der Waals surface area contributed by atoms with Crippen molar-refractivity contribution in [3.8, 4) is 11.5 Å². The second-order valence-corrected chi connectivity index (χ2v) is 7.98. The van der Waals surface area contributed by atoms with Crippen LogP contribution < -0.4 is 14.8 Å².